The molecule has 1 atom stereocenters. The number of carbonyl (C=O) groups excluding carboxylic acids is 1. The Bertz CT molecular complexity index is 1560. The molecule has 0 bridgehead atoms. The molecule has 0 spiro atoms. The van der Waals surface area contributed by atoms with Gasteiger partial charge in [0.2, 0.25) is 0 Å². The van der Waals surface area contributed by atoms with Crippen molar-refractivity contribution in [2.75, 3.05) is 7.11 Å². The molecule has 1 N–H and O–H groups in total. The van der Waals surface area contributed by atoms with Crippen LogP contribution in [0.4, 0.5) is 0 Å². The molecule has 3 aromatic heterocycles. The number of aliphatic hydroxyl groups is 1. The van der Waals surface area contributed by atoms with Crippen molar-refractivity contribution in [2.24, 2.45) is 7.05 Å². The number of aryl methyl sites for hydroxylation is 2. The molecule has 9 nitrogen and oxygen atoms in total. The topological polar surface area (TPSA) is 108 Å². The van der Waals surface area contributed by atoms with E-state index >= 15 is 0 Å². The van der Waals surface area contributed by atoms with Crippen molar-refractivity contribution < 1.29 is 14.6 Å². The lowest BCUT2D eigenvalue weighted by Gasteiger charge is -2.17. The zero-order chi connectivity index (χ0) is 25.4. The number of aliphatic hydroxyl groups excluding tert-OH is 1. The first-order valence-corrected chi connectivity index (χ1v) is 11.6. The molecule has 36 heavy (non-hydrogen) atoms. The fraction of sp³-hybridized carbons (Fsp3) is 0.192. The zero-order valence-corrected chi connectivity index (χ0v) is 20.6. The summed E-state index contributed by atoms with van der Waals surface area (Å²) >= 11 is 6.03. The van der Waals surface area contributed by atoms with Gasteiger partial charge in [-0.25, -0.2) is 14.5 Å². The number of benzene rings is 2. The summed E-state index contributed by atoms with van der Waals surface area (Å²) in [5.74, 6) is -0.777. The molecule has 0 aliphatic rings. The van der Waals surface area contributed by atoms with E-state index < -0.39 is 12.1 Å². The van der Waals surface area contributed by atoms with Crippen LogP contribution in [0.1, 0.15) is 22.9 Å². The molecule has 5 aromatic rings. The lowest BCUT2D eigenvalue weighted by molar-refractivity contribution is -0.150. The van der Waals surface area contributed by atoms with Crippen LogP contribution in [0, 0.1) is 6.92 Å². The molecule has 0 radical (unpaired) electrons. The summed E-state index contributed by atoms with van der Waals surface area (Å²) in [4.78, 5) is 17.0. The number of halogens is 1. The van der Waals surface area contributed by atoms with Crippen LogP contribution in [-0.4, -0.2) is 47.9 Å². The van der Waals surface area contributed by atoms with Crippen molar-refractivity contribution in [3.8, 4) is 22.3 Å². The monoisotopic (exact) mass is 502 g/mol. The molecular weight excluding hydrogens is 480 g/mol. The Balaban J connectivity index is 1.66. The molecule has 0 saturated heterocycles. The van der Waals surface area contributed by atoms with Gasteiger partial charge in [0.25, 0.3) is 0 Å². The average molecular weight is 503 g/mol. The van der Waals surface area contributed by atoms with E-state index in [1.165, 1.54) is 7.11 Å². The summed E-state index contributed by atoms with van der Waals surface area (Å²) in [7, 11) is 3.08. The highest BCUT2D eigenvalue weighted by molar-refractivity contribution is 6.30. The third-order valence-electron chi connectivity index (χ3n) is 6.02. The standard InChI is InChI=1S/C26H23ClN6O3/c1-15-21(24(34)26(35)36-3)22(19-6-4-17(5-7-19)18-8-10-20(27)11-9-18)23-25(29-15)33(31-30-23)14-16-12-28-32(2)13-16/h4-13,24,34H,14H2,1-3H3/t24-/m0/s1. The molecule has 0 amide bonds. The van der Waals surface area contributed by atoms with Crippen LogP contribution in [0.2, 0.25) is 5.02 Å². The largest absolute Gasteiger partial charge is 0.467 e. The lowest BCUT2D eigenvalue weighted by atomic mass is 9.93. The zero-order valence-electron chi connectivity index (χ0n) is 19.9. The fourth-order valence-electron chi connectivity index (χ4n) is 4.27. The van der Waals surface area contributed by atoms with Crippen LogP contribution in [0.3, 0.4) is 0 Å². The van der Waals surface area contributed by atoms with Crippen LogP contribution in [0.15, 0.2) is 60.9 Å². The van der Waals surface area contributed by atoms with Gasteiger partial charge in [-0.3, -0.25) is 4.68 Å². The second-order valence-corrected chi connectivity index (χ2v) is 8.87. The van der Waals surface area contributed by atoms with Crippen LogP contribution in [0.5, 0.6) is 0 Å². The Kier molecular flexibility index (Phi) is 6.26. The molecular formula is C26H23ClN6O3. The van der Waals surface area contributed by atoms with Crippen molar-refractivity contribution in [2.45, 2.75) is 19.6 Å². The van der Waals surface area contributed by atoms with Crippen molar-refractivity contribution in [1.29, 1.82) is 0 Å². The van der Waals surface area contributed by atoms with E-state index in [2.05, 4.69) is 20.4 Å². The highest BCUT2D eigenvalue weighted by atomic mass is 35.5. The first-order chi connectivity index (χ1) is 17.4. The molecule has 3 heterocycles. The van der Waals surface area contributed by atoms with Gasteiger partial charge in [0, 0.05) is 40.7 Å². The van der Waals surface area contributed by atoms with E-state index in [1.54, 1.807) is 22.5 Å². The summed E-state index contributed by atoms with van der Waals surface area (Å²) in [5, 5.41) is 24.5. The minimum absolute atomic E-state index is 0.335. The minimum Gasteiger partial charge on any atom is -0.467 e. The van der Waals surface area contributed by atoms with Gasteiger partial charge in [-0.05, 0) is 35.7 Å². The van der Waals surface area contributed by atoms with Crippen LogP contribution in [-0.2, 0) is 23.1 Å². The Morgan fingerprint density at radius 2 is 1.72 bits per heavy atom. The van der Waals surface area contributed by atoms with Crippen molar-refractivity contribution >= 4 is 28.7 Å². The molecule has 10 heteroatoms. The Morgan fingerprint density at radius 3 is 2.33 bits per heavy atom. The van der Waals surface area contributed by atoms with Gasteiger partial charge in [-0.15, -0.1) is 5.10 Å². The Hall–Kier alpha value is -4.08. The fourth-order valence-corrected chi connectivity index (χ4v) is 4.39. The number of rotatable bonds is 6. The Morgan fingerprint density at radius 1 is 1.08 bits per heavy atom. The molecule has 0 unspecified atom stereocenters. The summed E-state index contributed by atoms with van der Waals surface area (Å²) in [6, 6.07) is 15.4. The summed E-state index contributed by atoms with van der Waals surface area (Å²) in [6.45, 7) is 2.17. The number of esters is 1. The number of pyridine rings is 1. The highest BCUT2D eigenvalue weighted by Crippen LogP contribution is 2.37. The molecule has 0 aliphatic heterocycles. The van der Waals surface area contributed by atoms with Crippen LogP contribution in [0.25, 0.3) is 33.4 Å². The number of fused-ring (bicyclic) bond motifs is 1. The first-order valence-electron chi connectivity index (χ1n) is 11.2. The predicted octanol–water partition coefficient (Wildman–Crippen LogP) is 4.11. The van der Waals surface area contributed by atoms with Gasteiger partial charge in [0.1, 0.15) is 5.52 Å². The summed E-state index contributed by atoms with van der Waals surface area (Å²) in [5.41, 5.74) is 6.11. The average Bonchev–Trinajstić information content (AvgIpc) is 3.48. The second kappa shape index (κ2) is 9.52. The molecule has 182 valence electrons. The van der Waals surface area contributed by atoms with Gasteiger partial charge in [-0.1, -0.05) is 53.2 Å². The molecule has 0 saturated carbocycles. The second-order valence-electron chi connectivity index (χ2n) is 8.44. The van der Waals surface area contributed by atoms with Crippen LogP contribution < -0.4 is 0 Å². The van der Waals surface area contributed by atoms with E-state index in [0.29, 0.717) is 39.6 Å². The van der Waals surface area contributed by atoms with Crippen molar-refractivity contribution in [3.05, 3.63) is 82.8 Å². The third kappa shape index (κ3) is 4.34. The van der Waals surface area contributed by atoms with E-state index in [0.717, 1.165) is 22.3 Å². The number of nitrogens with zero attached hydrogens (tertiary/aromatic N) is 6. The number of hydrogen-bond acceptors (Lipinski definition) is 7. The van der Waals surface area contributed by atoms with Crippen LogP contribution >= 0.6 is 11.6 Å². The molecule has 0 fully saturated rings. The minimum atomic E-state index is -1.53. The van der Waals surface area contributed by atoms with Gasteiger partial charge in [0.05, 0.1) is 19.9 Å². The van der Waals surface area contributed by atoms with E-state index in [9.17, 15) is 9.90 Å². The third-order valence-corrected chi connectivity index (χ3v) is 6.27. The molecule has 2 aromatic carbocycles. The van der Waals surface area contributed by atoms with Gasteiger partial charge in [0.15, 0.2) is 11.8 Å². The number of carbonyl (C=O) groups is 1. The number of hydrogen-bond donors (Lipinski definition) is 1. The van der Waals surface area contributed by atoms with Gasteiger partial charge in [-0.2, -0.15) is 5.10 Å². The Labute approximate surface area is 211 Å². The quantitative estimate of drug-likeness (QED) is 0.348. The van der Waals surface area contributed by atoms with Gasteiger partial charge < -0.3 is 9.84 Å². The number of aromatic nitrogens is 6. The number of ether oxygens (including phenoxy) is 1. The SMILES string of the molecule is COC(=O)[C@@H](O)c1c(C)nc2c(nnn2Cc2cnn(C)c2)c1-c1ccc(-c2ccc(Cl)cc2)cc1. The van der Waals surface area contributed by atoms with Gasteiger partial charge >= 0.3 is 5.97 Å². The van der Waals surface area contributed by atoms with Crippen molar-refractivity contribution in [1.82, 2.24) is 29.8 Å². The predicted molar refractivity (Wildman–Crippen MR) is 135 cm³/mol. The van der Waals surface area contributed by atoms with E-state index in [1.807, 2.05) is 61.8 Å². The summed E-state index contributed by atoms with van der Waals surface area (Å²) < 4.78 is 8.21. The number of methoxy groups -OCH3 is 1. The first kappa shape index (κ1) is 23.7. The molecule has 5 rings (SSSR count). The maximum atomic E-state index is 12.3. The molecule has 0 aliphatic carbocycles. The summed E-state index contributed by atoms with van der Waals surface area (Å²) in [6.07, 6.45) is 2.12. The normalized spacial score (nSPS) is 12.1. The highest BCUT2D eigenvalue weighted by Gasteiger charge is 2.28. The van der Waals surface area contributed by atoms with E-state index in [-0.39, 0.29) is 0 Å². The van der Waals surface area contributed by atoms with Crippen molar-refractivity contribution in [3.63, 3.8) is 0 Å². The maximum Gasteiger partial charge on any atom is 0.339 e. The lowest BCUT2D eigenvalue weighted by Crippen LogP contribution is -2.17. The maximum absolute atomic E-state index is 12.3. The smallest absolute Gasteiger partial charge is 0.339 e. The van der Waals surface area contributed by atoms with E-state index in [4.69, 9.17) is 16.3 Å².